The molecule has 0 unspecified atom stereocenters. The predicted octanol–water partition coefficient (Wildman–Crippen LogP) is 7.40. The molecule has 0 radical (unpaired) electrons. The van der Waals surface area contributed by atoms with Crippen LogP contribution in [0.1, 0.15) is 64.9 Å². The molecule has 1 N–H and O–H groups in total. The van der Waals surface area contributed by atoms with Crippen LogP contribution in [0.5, 0.6) is 5.75 Å². The van der Waals surface area contributed by atoms with Gasteiger partial charge in [0.1, 0.15) is 11.4 Å². The van der Waals surface area contributed by atoms with Crippen molar-refractivity contribution in [3.8, 4) is 5.75 Å². The normalized spacial score (nSPS) is 20.2. The molecule has 3 aliphatic rings. The number of nitrogens with zero attached hydrogens (tertiary/aromatic N) is 1. The van der Waals surface area contributed by atoms with Gasteiger partial charge in [-0.3, -0.25) is 14.4 Å². The van der Waals surface area contributed by atoms with Gasteiger partial charge in [0.25, 0.3) is 0 Å². The maximum atomic E-state index is 14.0. The van der Waals surface area contributed by atoms with E-state index in [1.165, 1.54) is 24.3 Å². The van der Waals surface area contributed by atoms with Crippen molar-refractivity contribution in [1.82, 2.24) is 4.90 Å². The number of rotatable bonds is 6. The summed E-state index contributed by atoms with van der Waals surface area (Å²) in [6, 6.07) is 8.81. The van der Waals surface area contributed by atoms with Gasteiger partial charge in [-0.2, -0.15) is 8.42 Å². The molecule has 12 heteroatoms. The van der Waals surface area contributed by atoms with E-state index in [4.69, 9.17) is 15.8 Å². The lowest BCUT2D eigenvalue weighted by atomic mass is 9.63. The fourth-order valence-electron chi connectivity index (χ4n) is 6.33. The summed E-state index contributed by atoms with van der Waals surface area (Å²) in [5.74, 6) is -2.57. The molecule has 0 aromatic heterocycles. The number of ketones is 2. The van der Waals surface area contributed by atoms with Crippen molar-refractivity contribution in [2.45, 2.75) is 64.2 Å². The number of carbonyl (C=O) groups excluding carboxylic acids is 2. The van der Waals surface area contributed by atoms with E-state index < -0.39 is 39.4 Å². The Morgan fingerprint density at radius 1 is 0.953 bits per heavy atom. The smallest absolute Gasteiger partial charge is 0.339 e. The fraction of sp³-hybridized carbons (Fsp3) is 0.387. The third-order valence-electron chi connectivity index (χ3n) is 7.96. The first-order valence-corrected chi connectivity index (χ1v) is 17.0. The summed E-state index contributed by atoms with van der Waals surface area (Å²) in [6.45, 7) is 7.39. The van der Waals surface area contributed by atoms with Gasteiger partial charge in [0.05, 0.1) is 4.47 Å². The second-order valence-corrected chi connectivity index (χ2v) is 16.6. The van der Waals surface area contributed by atoms with Gasteiger partial charge in [-0.25, -0.2) is 0 Å². The van der Waals surface area contributed by atoms with E-state index >= 15 is 0 Å². The van der Waals surface area contributed by atoms with E-state index in [0.717, 1.165) is 0 Å². The van der Waals surface area contributed by atoms with Gasteiger partial charge in [0.2, 0.25) is 0 Å². The summed E-state index contributed by atoms with van der Waals surface area (Å²) in [6.07, 6.45) is 1.16. The van der Waals surface area contributed by atoms with Gasteiger partial charge in [-0.1, -0.05) is 55.2 Å². The van der Waals surface area contributed by atoms with Crippen LogP contribution in [0.15, 0.2) is 72.8 Å². The SMILES string of the molecule is CC1(C)CC(=O)C2=C(C1)N(CC(=O)O)C1=C(C(=O)CC(C)(C)C1)C2c1cc(Br)cc(Br)c1OS(=O)(=O)c1ccc(Cl)cc1. The highest BCUT2D eigenvalue weighted by atomic mass is 79.9. The van der Waals surface area contributed by atoms with Gasteiger partial charge < -0.3 is 14.2 Å². The summed E-state index contributed by atoms with van der Waals surface area (Å²) in [5.41, 5.74) is 1.06. The molecule has 1 heterocycles. The molecule has 0 saturated carbocycles. The number of hydrogen-bond acceptors (Lipinski definition) is 7. The minimum absolute atomic E-state index is 0.0659. The van der Waals surface area contributed by atoms with Crippen molar-refractivity contribution >= 4 is 71.1 Å². The molecule has 1 aliphatic heterocycles. The Hall–Kier alpha value is -2.47. The molecule has 0 saturated heterocycles. The number of halogens is 3. The average Bonchev–Trinajstić information content (AvgIpc) is 2.85. The molecule has 43 heavy (non-hydrogen) atoms. The first-order valence-electron chi connectivity index (χ1n) is 13.6. The third-order valence-corrected chi connectivity index (χ3v) is 10.5. The molecule has 5 rings (SSSR count). The van der Waals surface area contributed by atoms with Crippen LogP contribution in [-0.2, 0) is 24.5 Å². The summed E-state index contributed by atoms with van der Waals surface area (Å²) >= 11 is 12.9. The van der Waals surface area contributed by atoms with Crippen molar-refractivity contribution in [3.05, 3.63) is 78.5 Å². The molecule has 228 valence electrons. The van der Waals surface area contributed by atoms with Gasteiger partial charge >= 0.3 is 16.1 Å². The van der Waals surface area contributed by atoms with Crippen molar-refractivity contribution < 1.29 is 32.1 Å². The number of benzene rings is 2. The number of aliphatic carboxylic acids is 1. The molecular weight excluding hydrogens is 726 g/mol. The summed E-state index contributed by atoms with van der Waals surface area (Å²) in [5, 5.41) is 10.3. The number of hydrogen-bond donors (Lipinski definition) is 1. The summed E-state index contributed by atoms with van der Waals surface area (Å²) in [7, 11) is -4.37. The lowest BCUT2D eigenvalue weighted by Crippen LogP contribution is -2.45. The zero-order valence-corrected chi connectivity index (χ0v) is 28.7. The van der Waals surface area contributed by atoms with E-state index in [2.05, 4.69) is 31.9 Å². The third kappa shape index (κ3) is 6.23. The molecule has 2 aromatic carbocycles. The Bertz CT molecular complexity index is 1690. The second kappa shape index (κ2) is 11.2. The van der Waals surface area contributed by atoms with E-state index in [-0.39, 0.29) is 35.1 Å². The first kappa shape index (κ1) is 31.9. The topological polar surface area (TPSA) is 118 Å². The zero-order chi connectivity index (χ0) is 31.6. The minimum atomic E-state index is -4.37. The van der Waals surface area contributed by atoms with E-state index in [1.807, 2.05) is 27.7 Å². The Morgan fingerprint density at radius 3 is 1.95 bits per heavy atom. The van der Waals surface area contributed by atoms with Crippen molar-refractivity contribution in [2.75, 3.05) is 6.54 Å². The molecular formula is C31H30Br2ClNO7S. The summed E-state index contributed by atoms with van der Waals surface area (Å²) in [4.78, 5) is 41.7. The van der Waals surface area contributed by atoms with Crippen molar-refractivity contribution in [3.63, 3.8) is 0 Å². The molecule has 0 bridgehead atoms. The van der Waals surface area contributed by atoms with Gasteiger partial charge in [-0.15, -0.1) is 0 Å². The van der Waals surface area contributed by atoms with Gasteiger partial charge in [0, 0.05) is 56.4 Å². The van der Waals surface area contributed by atoms with Crippen LogP contribution in [0, 0.1) is 10.8 Å². The highest BCUT2D eigenvalue weighted by molar-refractivity contribution is 9.11. The number of carboxylic acids is 1. The van der Waals surface area contributed by atoms with Gasteiger partial charge in [-0.05, 0) is 76.0 Å². The lowest BCUT2D eigenvalue weighted by molar-refractivity contribution is -0.138. The fourth-order valence-corrected chi connectivity index (χ4v) is 8.87. The van der Waals surface area contributed by atoms with Crippen LogP contribution in [0.2, 0.25) is 5.02 Å². The number of Topliss-reactive ketones (excluding diaryl/α,β-unsaturated/α-hetero) is 2. The quantitative estimate of drug-likeness (QED) is 0.303. The maximum Gasteiger partial charge on any atom is 0.339 e. The highest BCUT2D eigenvalue weighted by Crippen LogP contribution is 2.56. The largest absolute Gasteiger partial charge is 0.480 e. The average molecular weight is 756 g/mol. The van der Waals surface area contributed by atoms with Crippen molar-refractivity contribution in [1.29, 1.82) is 0 Å². The first-order chi connectivity index (χ1) is 19.9. The highest BCUT2D eigenvalue weighted by Gasteiger charge is 2.50. The molecule has 0 amide bonds. The predicted molar refractivity (Wildman–Crippen MR) is 168 cm³/mol. The number of allylic oxidation sites excluding steroid dienone is 4. The monoisotopic (exact) mass is 753 g/mol. The molecule has 0 fully saturated rings. The van der Waals surface area contributed by atoms with Gasteiger partial charge in [0.15, 0.2) is 17.3 Å². The van der Waals surface area contributed by atoms with Crippen molar-refractivity contribution in [2.24, 2.45) is 10.8 Å². The minimum Gasteiger partial charge on any atom is -0.480 e. The second-order valence-electron chi connectivity index (χ2n) is 12.8. The molecule has 2 aromatic rings. The standard InChI is InChI=1S/C31H30Br2ClNO7S/c1-30(2)11-21-27(23(36)13-30)26(28-22(35(21)15-25(38)39)12-31(3,4)14-24(28)37)19-9-16(32)10-20(33)29(19)42-43(40,41)18-7-5-17(34)6-8-18/h5-10,26H,11-15H2,1-4H3,(H,38,39). The lowest BCUT2D eigenvalue weighted by Gasteiger charge is -2.48. The molecule has 0 atom stereocenters. The Balaban J connectivity index is 1.80. The molecule has 0 spiro atoms. The molecule has 8 nitrogen and oxygen atoms in total. The Labute approximate surface area is 272 Å². The molecule has 2 aliphatic carbocycles. The van der Waals surface area contributed by atoms with Crippen LogP contribution >= 0.6 is 43.5 Å². The number of carboxylic acid groups (broad SMARTS) is 1. The van der Waals surface area contributed by atoms with Crippen LogP contribution in [0.25, 0.3) is 0 Å². The summed E-state index contributed by atoms with van der Waals surface area (Å²) < 4.78 is 33.6. The number of carbonyl (C=O) groups is 3. The zero-order valence-electron chi connectivity index (χ0n) is 24.0. The Morgan fingerprint density at radius 2 is 1.47 bits per heavy atom. The Kier molecular flexibility index (Phi) is 8.29. The van der Waals surface area contributed by atoms with Crippen LogP contribution in [0.4, 0.5) is 0 Å². The van der Waals surface area contributed by atoms with E-state index in [1.54, 1.807) is 17.0 Å². The van der Waals surface area contributed by atoms with Crippen LogP contribution in [-0.4, -0.2) is 42.5 Å². The maximum absolute atomic E-state index is 14.0. The van der Waals surface area contributed by atoms with Crippen LogP contribution in [0.3, 0.4) is 0 Å². The van der Waals surface area contributed by atoms with E-state index in [9.17, 15) is 27.9 Å². The van der Waals surface area contributed by atoms with Crippen LogP contribution < -0.4 is 4.18 Å². The van der Waals surface area contributed by atoms with E-state index in [0.29, 0.717) is 54.9 Å².